The highest BCUT2D eigenvalue weighted by Gasteiger charge is 2.17. The Morgan fingerprint density at radius 3 is 2.37 bits per heavy atom. The van der Waals surface area contributed by atoms with Gasteiger partial charge in [-0.3, -0.25) is 0 Å². The average Bonchev–Trinajstić information content (AvgIpc) is 2.28. The largest absolute Gasteiger partial charge is 0.312 e. The number of rotatable bonds is 5. The highest BCUT2D eigenvalue weighted by molar-refractivity contribution is 6.30. The molecule has 0 spiro atoms. The maximum Gasteiger partial charge on any atom is 0.127 e. The van der Waals surface area contributed by atoms with Crippen molar-refractivity contribution in [1.82, 2.24) is 5.32 Å². The number of benzene rings is 1. The molecule has 0 aliphatic heterocycles. The Morgan fingerprint density at radius 2 is 1.84 bits per heavy atom. The molecule has 3 heteroatoms. The Hall–Kier alpha value is -0.600. The first-order valence-corrected chi connectivity index (χ1v) is 7.26. The normalized spacial score (nSPS) is 15.3. The van der Waals surface area contributed by atoms with E-state index in [1.165, 1.54) is 6.07 Å². The molecule has 0 aliphatic carbocycles. The summed E-state index contributed by atoms with van der Waals surface area (Å²) in [6.45, 7) is 11.8. The minimum Gasteiger partial charge on any atom is -0.312 e. The topological polar surface area (TPSA) is 12.0 Å². The third-order valence-corrected chi connectivity index (χ3v) is 3.72. The lowest BCUT2D eigenvalue weighted by Gasteiger charge is -2.26. The van der Waals surface area contributed by atoms with Crippen molar-refractivity contribution < 1.29 is 4.39 Å². The molecule has 2 unspecified atom stereocenters. The Bertz CT molecular complexity index is 412. The van der Waals surface area contributed by atoms with E-state index in [1.54, 1.807) is 12.1 Å². The van der Waals surface area contributed by atoms with E-state index in [9.17, 15) is 4.39 Å². The quantitative estimate of drug-likeness (QED) is 0.828. The standard InChI is InChI=1S/C16H25ClFN/c1-11(12(2)10-19-16(3,4)5)8-13-6-7-14(17)9-15(13)18/h6-7,9,11-12,19H,8,10H2,1-5H3. The van der Waals surface area contributed by atoms with Crippen LogP contribution >= 0.6 is 11.6 Å². The lowest BCUT2D eigenvalue weighted by atomic mass is 9.89. The molecule has 0 radical (unpaired) electrons. The molecule has 0 heterocycles. The molecule has 108 valence electrons. The van der Waals surface area contributed by atoms with E-state index in [2.05, 4.69) is 39.9 Å². The lowest BCUT2D eigenvalue weighted by Crippen LogP contribution is -2.40. The second-order valence-corrected chi connectivity index (χ2v) is 6.96. The average molecular weight is 286 g/mol. The van der Waals surface area contributed by atoms with Gasteiger partial charge in [-0.05, 0) is 63.3 Å². The molecule has 1 aromatic rings. The third-order valence-electron chi connectivity index (χ3n) is 3.48. The number of hydrogen-bond acceptors (Lipinski definition) is 1. The van der Waals surface area contributed by atoms with Gasteiger partial charge in [0.1, 0.15) is 5.82 Å². The van der Waals surface area contributed by atoms with Crippen LogP contribution in [0.2, 0.25) is 5.02 Å². The van der Waals surface area contributed by atoms with E-state index in [-0.39, 0.29) is 11.4 Å². The summed E-state index contributed by atoms with van der Waals surface area (Å²) in [4.78, 5) is 0. The molecule has 2 atom stereocenters. The predicted octanol–water partition coefficient (Wildman–Crippen LogP) is 4.68. The molecular weight excluding hydrogens is 261 g/mol. The van der Waals surface area contributed by atoms with Crippen molar-refractivity contribution in [3.8, 4) is 0 Å². The zero-order chi connectivity index (χ0) is 14.6. The van der Waals surface area contributed by atoms with Gasteiger partial charge in [0.05, 0.1) is 0 Å². The molecule has 0 amide bonds. The van der Waals surface area contributed by atoms with Crippen LogP contribution in [0.4, 0.5) is 4.39 Å². The summed E-state index contributed by atoms with van der Waals surface area (Å²) >= 11 is 5.77. The van der Waals surface area contributed by atoms with E-state index in [4.69, 9.17) is 11.6 Å². The summed E-state index contributed by atoms with van der Waals surface area (Å²) < 4.78 is 13.7. The molecule has 1 N–H and O–H groups in total. The van der Waals surface area contributed by atoms with Crippen molar-refractivity contribution in [3.05, 3.63) is 34.6 Å². The molecule has 0 saturated heterocycles. The smallest absolute Gasteiger partial charge is 0.127 e. The van der Waals surface area contributed by atoms with Crippen LogP contribution in [-0.2, 0) is 6.42 Å². The van der Waals surface area contributed by atoms with Crippen molar-refractivity contribution >= 4 is 11.6 Å². The van der Waals surface area contributed by atoms with Gasteiger partial charge in [-0.2, -0.15) is 0 Å². The van der Waals surface area contributed by atoms with Gasteiger partial charge in [-0.1, -0.05) is 31.5 Å². The first kappa shape index (κ1) is 16.5. The van der Waals surface area contributed by atoms with Gasteiger partial charge in [-0.25, -0.2) is 4.39 Å². The third kappa shape index (κ3) is 5.92. The highest BCUT2D eigenvalue weighted by atomic mass is 35.5. The van der Waals surface area contributed by atoms with Crippen molar-refractivity contribution in [3.63, 3.8) is 0 Å². The minimum atomic E-state index is -0.199. The van der Waals surface area contributed by atoms with Crippen LogP contribution in [0.15, 0.2) is 18.2 Å². The summed E-state index contributed by atoms with van der Waals surface area (Å²) in [5.74, 6) is 0.718. The Kier molecular flexibility index (Phi) is 5.82. The molecule has 0 aliphatic rings. The summed E-state index contributed by atoms with van der Waals surface area (Å²) in [6.07, 6.45) is 0.746. The van der Waals surface area contributed by atoms with Crippen LogP contribution in [0.3, 0.4) is 0 Å². The van der Waals surface area contributed by atoms with Crippen molar-refractivity contribution in [2.24, 2.45) is 11.8 Å². The van der Waals surface area contributed by atoms with Crippen LogP contribution in [0.1, 0.15) is 40.2 Å². The maximum atomic E-state index is 13.7. The summed E-state index contributed by atoms with van der Waals surface area (Å²) in [5.41, 5.74) is 0.874. The molecule has 1 nitrogen and oxygen atoms in total. The summed E-state index contributed by atoms with van der Waals surface area (Å²) in [5, 5.41) is 3.95. The fraction of sp³-hybridized carbons (Fsp3) is 0.625. The van der Waals surface area contributed by atoms with E-state index in [0.29, 0.717) is 16.9 Å². The van der Waals surface area contributed by atoms with Crippen LogP contribution in [0.5, 0.6) is 0 Å². The number of halogens is 2. The molecule has 0 saturated carbocycles. The van der Waals surface area contributed by atoms with Crippen LogP contribution < -0.4 is 5.32 Å². The molecule has 1 rings (SSSR count). The van der Waals surface area contributed by atoms with Crippen molar-refractivity contribution in [1.29, 1.82) is 0 Å². The van der Waals surface area contributed by atoms with Crippen molar-refractivity contribution in [2.75, 3.05) is 6.54 Å². The van der Waals surface area contributed by atoms with Crippen LogP contribution in [-0.4, -0.2) is 12.1 Å². The minimum absolute atomic E-state index is 0.125. The zero-order valence-electron chi connectivity index (χ0n) is 12.6. The lowest BCUT2D eigenvalue weighted by molar-refractivity contribution is 0.315. The Morgan fingerprint density at radius 1 is 1.21 bits per heavy atom. The van der Waals surface area contributed by atoms with E-state index in [0.717, 1.165) is 18.5 Å². The summed E-state index contributed by atoms with van der Waals surface area (Å²) in [6, 6.07) is 4.94. The van der Waals surface area contributed by atoms with Gasteiger partial charge in [0.25, 0.3) is 0 Å². The molecular formula is C16H25ClFN. The van der Waals surface area contributed by atoms with Crippen LogP contribution in [0.25, 0.3) is 0 Å². The van der Waals surface area contributed by atoms with Gasteiger partial charge >= 0.3 is 0 Å². The number of nitrogens with one attached hydrogen (secondary N) is 1. The first-order chi connectivity index (χ1) is 8.69. The molecule has 0 aromatic heterocycles. The SMILES string of the molecule is CC(CNC(C)(C)C)C(C)Cc1ccc(Cl)cc1F. The van der Waals surface area contributed by atoms with Gasteiger partial charge < -0.3 is 5.32 Å². The zero-order valence-corrected chi connectivity index (χ0v) is 13.3. The van der Waals surface area contributed by atoms with Gasteiger partial charge in [0.15, 0.2) is 0 Å². The second kappa shape index (κ2) is 6.71. The second-order valence-electron chi connectivity index (χ2n) is 6.53. The maximum absolute atomic E-state index is 13.7. The van der Waals surface area contributed by atoms with Crippen molar-refractivity contribution in [2.45, 2.75) is 46.6 Å². The Labute approximate surface area is 121 Å². The Balaban J connectivity index is 2.56. The molecule has 0 fully saturated rings. The van der Waals surface area contributed by atoms with Gasteiger partial charge in [-0.15, -0.1) is 0 Å². The van der Waals surface area contributed by atoms with Gasteiger partial charge in [0, 0.05) is 10.6 Å². The predicted molar refractivity (Wildman–Crippen MR) is 81.2 cm³/mol. The molecule has 1 aromatic carbocycles. The highest BCUT2D eigenvalue weighted by Crippen LogP contribution is 2.21. The summed E-state index contributed by atoms with van der Waals surface area (Å²) in [7, 11) is 0. The van der Waals surface area contributed by atoms with E-state index in [1.807, 2.05) is 0 Å². The monoisotopic (exact) mass is 285 g/mol. The van der Waals surface area contributed by atoms with Crippen LogP contribution in [0, 0.1) is 17.7 Å². The fourth-order valence-corrected chi connectivity index (χ4v) is 2.06. The molecule has 0 bridgehead atoms. The number of hydrogen-bond donors (Lipinski definition) is 1. The van der Waals surface area contributed by atoms with Gasteiger partial charge in [0.2, 0.25) is 0 Å². The van der Waals surface area contributed by atoms with E-state index < -0.39 is 0 Å². The van der Waals surface area contributed by atoms with E-state index >= 15 is 0 Å². The first-order valence-electron chi connectivity index (χ1n) is 6.88. The fourth-order valence-electron chi connectivity index (χ4n) is 1.90. The molecule has 19 heavy (non-hydrogen) atoms.